The first-order valence-electron chi connectivity index (χ1n) is 13.0. The summed E-state index contributed by atoms with van der Waals surface area (Å²) in [5, 5.41) is 12.7. The Hall–Kier alpha value is -2.77. The topological polar surface area (TPSA) is 97.0 Å². The summed E-state index contributed by atoms with van der Waals surface area (Å²) >= 11 is 0. The van der Waals surface area contributed by atoms with Crippen LogP contribution in [0, 0.1) is 0 Å². The van der Waals surface area contributed by atoms with E-state index in [1.807, 2.05) is 12.1 Å². The number of aryl methyl sites for hydroxylation is 1. The molecule has 4 rings (SSSR count). The summed E-state index contributed by atoms with van der Waals surface area (Å²) in [4.78, 5) is 14.4. The van der Waals surface area contributed by atoms with E-state index in [2.05, 4.69) is 42.3 Å². The van der Waals surface area contributed by atoms with Crippen molar-refractivity contribution >= 4 is 11.6 Å². The summed E-state index contributed by atoms with van der Waals surface area (Å²) < 4.78 is 12.1. The van der Waals surface area contributed by atoms with E-state index >= 15 is 0 Å². The van der Waals surface area contributed by atoms with Crippen molar-refractivity contribution in [3.05, 3.63) is 52.6 Å². The van der Waals surface area contributed by atoms with Gasteiger partial charge in [0.2, 0.25) is 0 Å². The van der Waals surface area contributed by atoms with Crippen LogP contribution in [0.25, 0.3) is 0 Å². The molecule has 7 nitrogen and oxygen atoms in total. The number of amides is 1. The molecule has 0 radical (unpaired) electrons. The van der Waals surface area contributed by atoms with Crippen molar-refractivity contribution in [2.75, 3.05) is 37.7 Å². The van der Waals surface area contributed by atoms with Crippen molar-refractivity contribution in [1.82, 2.24) is 5.32 Å². The fourth-order valence-corrected chi connectivity index (χ4v) is 4.72. The minimum absolute atomic E-state index is 0.141. The van der Waals surface area contributed by atoms with Gasteiger partial charge < -0.3 is 30.5 Å². The highest BCUT2D eigenvalue weighted by atomic mass is 16.5. The zero-order chi connectivity index (χ0) is 24.8. The summed E-state index contributed by atoms with van der Waals surface area (Å²) in [5.74, 6) is 1.26. The number of aliphatic hydroxyl groups is 1. The van der Waals surface area contributed by atoms with Crippen LogP contribution in [0.4, 0.5) is 5.69 Å². The van der Waals surface area contributed by atoms with Crippen LogP contribution in [0.5, 0.6) is 11.5 Å². The van der Waals surface area contributed by atoms with Crippen LogP contribution in [-0.2, 0) is 19.3 Å². The highest BCUT2D eigenvalue weighted by Crippen LogP contribution is 2.35. The Labute approximate surface area is 208 Å². The lowest BCUT2D eigenvalue weighted by Crippen LogP contribution is -2.32. The third-order valence-electron chi connectivity index (χ3n) is 6.70. The number of ether oxygens (including phenoxy) is 2. The molecule has 35 heavy (non-hydrogen) atoms. The molecule has 2 aromatic carbocycles. The fraction of sp³-hybridized carbons (Fsp3) is 0.536. The number of carbonyl (C=O) groups is 1. The van der Waals surface area contributed by atoms with Crippen molar-refractivity contribution < 1.29 is 19.4 Å². The molecule has 0 aromatic heterocycles. The molecule has 2 aromatic rings. The van der Waals surface area contributed by atoms with Crippen LogP contribution >= 0.6 is 0 Å². The lowest BCUT2D eigenvalue weighted by Gasteiger charge is -2.22. The summed E-state index contributed by atoms with van der Waals surface area (Å²) in [6, 6.07) is 10.6. The number of carbonyl (C=O) groups excluding carboxylic acids is 1. The molecule has 0 spiro atoms. The summed E-state index contributed by atoms with van der Waals surface area (Å²) in [5.41, 5.74) is 10.8. The zero-order valence-electron chi connectivity index (χ0n) is 21.0. The van der Waals surface area contributed by atoms with E-state index < -0.39 is 5.91 Å². The van der Waals surface area contributed by atoms with E-state index in [4.69, 9.17) is 15.2 Å². The average Bonchev–Trinajstić information content (AvgIpc) is 3.57. The second kappa shape index (κ2) is 11.8. The number of nitrogens with one attached hydrogen (secondary N) is 1. The van der Waals surface area contributed by atoms with Crippen LogP contribution in [0.15, 0.2) is 30.3 Å². The van der Waals surface area contributed by atoms with Crippen molar-refractivity contribution in [3.63, 3.8) is 0 Å². The summed E-state index contributed by atoms with van der Waals surface area (Å²) in [6.07, 6.45) is 5.92. The minimum Gasteiger partial charge on any atom is -0.488 e. The number of hydrogen-bond donors (Lipinski definition) is 3. The maximum Gasteiger partial charge on any atom is 0.250 e. The van der Waals surface area contributed by atoms with Crippen molar-refractivity contribution in [1.29, 1.82) is 0 Å². The number of fused-ring (bicyclic) bond motifs is 1. The standard InChI is InChI=1S/C28H39N3O4/c1-3-20-5-8-25(26(18-20)35-23-6-7-23)34-14-10-30-19(2)15-21-16-22-9-12-31(11-4-13-32)27(22)24(17-21)28(29)33/h5,8,16-19,23,30,32H,3-4,6-7,9-15H2,1-2H3,(H2,29,33). The van der Waals surface area contributed by atoms with Gasteiger partial charge in [-0.15, -0.1) is 0 Å². The number of aliphatic hydroxyl groups excluding tert-OH is 1. The number of primary amides is 1. The molecular weight excluding hydrogens is 442 g/mol. The van der Waals surface area contributed by atoms with Gasteiger partial charge >= 0.3 is 0 Å². The molecule has 0 saturated heterocycles. The quantitative estimate of drug-likeness (QED) is 0.359. The first-order valence-corrected chi connectivity index (χ1v) is 13.0. The zero-order valence-corrected chi connectivity index (χ0v) is 21.0. The number of benzene rings is 2. The van der Waals surface area contributed by atoms with Crippen molar-refractivity contribution in [2.45, 2.75) is 64.5 Å². The third kappa shape index (κ3) is 6.67. The summed E-state index contributed by atoms with van der Waals surface area (Å²) in [6.45, 7) is 7.27. The Morgan fingerprint density at radius 3 is 2.77 bits per heavy atom. The number of anilines is 1. The van der Waals surface area contributed by atoms with Gasteiger partial charge in [-0.2, -0.15) is 0 Å². The van der Waals surface area contributed by atoms with Crippen LogP contribution in [0.2, 0.25) is 0 Å². The molecule has 1 aliphatic carbocycles. The van der Waals surface area contributed by atoms with Crippen LogP contribution in [0.3, 0.4) is 0 Å². The molecule has 1 unspecified atom stereocenters. The first-order chi connectivity index (χ1) is 17.0. The number of rotatable bonds is 14. The van der Waals surface area contributed by atoms with E-state index in [0.717, 1.165) is 67.9 Å². The summed E-state index contributed by atoms with van der Waals surface area (Å²) in [7, 11) is 0. The first kappa shape index (κ1) is 25.3. The maximum absolute atomic E-state index is 12.2. The number of nitrogens with zero attached hydrogens (tertiary/aromatic N) is 1. The molecule has 0 bridgehead atoms. The highest BCUT2D eigenvalue weighted by molar-refractivity contribution is 6.00. The Bertz CT molecular complexity index is 1020. The van der Waals surface area contributed by atoms with E-state index in [9.17, 15) is 9.90 Å². The van der Waals surface area contributed by atoms with E-state index in [1.54, 1.807) is 0 Å². The maximum atomic E-state index is 12.2. The predicted molar refractivity (Wildman–Crippen MR) is 139 cm³/mol. The fourth-order valence-electron chi connectivity index (χ4n) is 4.72. The molecular formula is C28H39N3O4. The Balaban J connectivity index is 1.31. The minimum atomic E-state index is -0.397. The molecule has 1 aliphatic heterocycles. The Morgan fingerprint density at radius 1 is 1.23 bits per heavy atom. The van der Waals surface area contributed by atoms with E-state index in [-0.39, 0.29) is 12.6 Å². The lowest BCUT2D eigenvalue weighted by atomic mass is 9.98. The molecule has 190 valence electrons. The van der Waals surface area contributed by atoms with Crippen LogP contribution in [0.1, 0.15) is 60.2 Å². The number of nitrogens with two attached hydrogens (primary N) is 1. The molecule has 1 amide bonds. The van der Waals surface area contributed by atoms with Crippen LogP contribution < -0.4 is 25.4 Å². The highest BCUT2D eigenvalue weighted by Gasteiger charge is 2.26. The molecule has 2 aliphatic rings. The van der Waals surface area contributed by atoms with Gasteiger partial charge in [0.1, 0.15) is 6.61 Å². The van der Waals surface area contributed by atoms with Crippen molar-refractivity contribution in [2.24, 2.45) is 5.73 Å². The smallest absolute Gasteiger partial charge is 0.250 e. The second-order valence-electron chi connectivity index (χ2n) is 9.69. The van der Waals surface area contributed by atoms with Gasteiger partial charge in [0.05, 0.1) is 17.4 Å². The molecule has 1 atom stereocenters. The SMILES string of the molecule is CCc1ccc(OCCNC(C)Cc2cc3c(c(C(N)=O)c2)N(CCCO)CC3)c(OC2CC2)c1. The molecule has 1 fully saturated rings. The third-order valence-corrected chi connectivity index (χ3v) is 6.70. The molecule has 7 heteroatoms. The predicted octanol–water partition coefficient (Wildman–Crippen LogP) is 3.23. The molecule has 4 N–H and O–H groups in total. The van der Waals surface area contributed by atoms with E-state index in [0.29, 0.717) is 31.2 Å². The van der Waals surface area contributed by atoms with Gasteiger partial charge in [0, 0.05) is 32.3 Å². The number of hydrogen-bond acceptors (Lipinski definition) is 6. The monoisotopic (exact) mass is 481 g/mol. The van der Waals surface area contributed by atoms with Gasteiger partial charge in [-0.05, 0) is 80.3 Å². The van der Waals surface area contributed by atoms with E-state index in [1.165, 1.54) is 11.1 Å². The molecule has 1 saturated carbocycles. The van der Waals surface area contributed by atoms with Gasteiger partial charge in [-0.3, -0.25) is 4.79 Å². The van der Waals surface area contributed by atoms with Gasteiger partial charge in [0.15, 0.2) is 11.5 Å². The van der Waals surface area contributed by atoms with Gasteiger partial charge in [-0.25, -0.2) is 0 Å². The normalized spacial score (nSPS) is 15.7. The second-order valence-corrected chi connectivity index (χ2v) is 9.69. The molecule has 1 heterocycles. The van der Waals surface area contributed by atoms with Crippen molar-refractivity contribution in [3.8, 4) is 11.5 Å². The van der Waals surface area contributed by atoms with Gasteiger partial charge in [0.25, 0.3) is 5.91 Å². The largest absolute Gasteiger partial charge is 0.488 e. The Morgan fingerprint density at radius 2 is 2.06 bits per heavy atom. The Kier molecular flexibility index (Phi) is 8.52. The average molecular weight is 482 g/mol. The van der Waals surface area contributed by atoms with Gasteiger partial charge in [-0.1, -0.05) is 19.1 Å². The lowest BCUT2D eigenvalue weighted by molar-refractivity contribution is 0.100. The van der Waals surface area contributed by atoms with Crippen LogP contribution in [-0.4, -0.2) is 56.0 Å².